The van der Waals surface area contributed by atoms with Crippen LogP contribution in [0, 0.1) is 5.41 Å². The summed E-state index contributed by atoms with van der Waals surface area (Å²) in [5.74, 6) is 0.691. The summed E-state index contributed by atoms with van der Waals surface area (Å²) in [7, 11) is 1.65. The second-order valence-electron chi connectivity index (χ2n) is 6.20. The van der Waals surface area contributed by atoms with Crippen LogP contribution in [0.2, 0.25) is 0 Å². The van der Waals surface area contributed by atoms with Crippen molar-refractivity contribution in [2.24, 2.45) is 10.5 Å². The van der Waals surface area contributed by atoms with Crippen molar-refractivity contribution < 1.29 is 9.53 Å². The Kier molecular flexibility index (Phi) is 2.66. The maximum Gasteiger partial charge on any atom is 0.273 e. The average molecular weight is 295 g/mol. The summed E-state index contributed by atoms with van der Waals surface area (Å²) in [4.78, 5) is 15.4. The molecule has 0 radical (unpaired) electrons. The summed E-state index contributed by atoms with van der Waals surface area (Å²) in [5.41, 5.74) is 6.10. The molecule has 2 aliphatic rings. The first-order valence-corrected chi connectivity index (χ1v) is 7.36. The zero-order valence-electron chi connectivity index (χ0n) is 12.6. The summed E-state index contributed by atoms with van der Waals surface area (Å²) in [6.45, 7) is 2.15. The van der Waals surface area contributed by atoms with Crippen molar-refractivity contribution in [2.75, 3.05) is 7.11 Å². The van der Waals surface area contributed by atoms with Crippen LogP contribution in [0.15, 0.2) is 34.9 Å². The number of fused-ring (bicyclic) bond motifs is 1. The van der Waals surface area contributed by atoms with Crippen molar-refractivity contribution in [3.8, 4) is 5.75 Å². The van der Waals surface area contributed by atoms with E-state index in [0.717, 1.165) is 40.9 Å². The van der Waals surface area contributed by atoms with E-state index >= 15 is 0 Å². The van der Waals surface area contributed by atoms with Gasteiger partial charge in [-0.25, -0.2) is 5.43 Å². The number of H-pyrrole nitrogens is 1. The van der Waals surface area contributed by atoms with Gasteiger partial charge < -0.3 is 9.72 Å². The summed E-state index contributed by atoms with van der Waals surface area (Å²) in [5, 5.41) is 5.28. The SMILES string of the molecule is COc1ccc2[nH]c(C=C3C(=O)NN=C3C3(C)CC3)cc2c1. The van der Waals surface area contributed by atoms with E-state index < -0.39 is 0 Å². The number of carbonyl (C=O) groups is 1. The lowest BCUT2D eigenvalue weighted by Gasteiger charge is -2.07. The molecule has 0 bridgehead atoms. The molecular formula is C17H17N3O2. The van der Waals surface area contributed by atoms with Gasteiger partial charge in [0.05, 0.1) is 18.4 Å². The molecular weight excluding hydrogens is 278 g/mol. The van der Waals surface area contributed by atoms with Crippen molar-refractivity contribution in [1.82, 2.24) is 10.4 Å². The number of amides is 1. The number of hydrogen-bond acceptors (Lipinski definition) is 3. The van der Waals surface area contributed by atoms with E-state index in [4.69, 9.17) is 4.74 Å². The summed E-state index contributed by atoms with van der Waals surface area (Å²) >= 11 is 0. The van der Waals surface area contributed by atoms with Crippen molar-refractivity contribution >= 4 is 28.6 Å². The summed E-state index contributed by atoms with van der Waals surface area (Å²) in [6.07, 6.45) is 4.06. The summed E-state index contributed by atoms with van der Waals surface area (Å²) < 4.78 is 5.24. The molecule has 22 heavy (non-hydrogen) atoms. The number of aromatic amines is 1. The highest BCUT2D eigenvalue weighted by Crippen LogP contribution is 2.49. The quantitative estimate of drug-likeness (QED) is 0.855. The van der Waals surface area contributed by atoms with Crippen LogP contribution in [0.25, 0.3) is 17.0 Å². The lowest BCUT2D eigenvalue weighted by atomic mass is 9.95. The molecule has 1 aromatic carbocycles. The highest BCUT2D eigenvalue weighted by atomic mass is 16.5. The molecule has 112 valence electrons. The first-order chi connectivity index (χ1) is 10.6. The Labute approximate surface area is 128 Å². The third-order valence-corrected chi connectivity index (χ3v) is 4.49. The van der Waals surface area contributed by atoms with Gasteiger partial charge in [0.2, 0.25) is 0 Å². The van der Waals surface area contributed by atoms with Crippen LogP contribution in [0.1, 0.15) is 25.5 Å². The van der Waals surface area contributed by atoms with E-state index in [0.29, 0.717) is 5.57 Å². The number of hydrogen-bond donors (Lipinski definition) is 2. The Bertz CT molecular complexity index is 841. The minimum absolute atomic E-state index is 0.0558. The minimum atomic E-state index is -0.126. The molecule has 1 saturated carbocycles. The van der Waals surface area contributed by atoms with Gasteiger partial charge in [-0.1, -0.05) is 6.92 Å². The first kappa shape index (κ1) is 13.1. The Morgan fingerprint density at radius 3 is 2.86 bits per heavy atom. The molecule has 0 saturated heterocycles. The van der Waals surface area contributed by atoms with E-state index in [1.165, 1.54) is 0 Å². The Hall–Kier alpha value is -2.56. The molecule has 2 heterocycles. The van der Waals surface area contributed by atoms with E-state index in [-0.39, 0.29) is 11.3 Å². The first-order valence-electron chi connectivity index (χ1n) is 7.36. The van der Waals surface area contributed by atoms with Gasteiger partial charge in [0.15, 0.2) is 0 Å². The number of nitrogens with one attached hydrogen (secondary N) is 2. The van der Waals surface area contributed by atoms with Gasteiger partial charge in [0, 0.05) is 22.0 Å². The van der Waals surface area contributed by atoms with Gasteiger partial charge in [0.25, 0.3) is 5.91 Å². The fraction of sp³-hybridized carbons (Fsp3) is 0.294. The molecule has 5 heteroatoms. The molecule has 2 N–H and O–H groups in total. The molecule has 5 nitrogen and oxygen atoms in total. The second-order valence-corrected chi connectivity index (χ2v) is 6.20. The predicted molar refractivity (Wildman–Crippen MR) is 85.7 cm³/mol. The van der Waals surface area contributed by atoms with E-state index in [1.807, 2.05) is 30.3 Å². The van der Waals surface area contributed by atoms with Crippen LogP contribution in [0.4, 0.5) is 0 Å². The van der Waals surface area contributed by atoms with Gasteiger partial charge in [-0.15, -0.1) is 0 Å². The molecule has 4 rings (SSSR count). The van der Waals surface area contributed by atoms with Crippen molar-refractivity contribution in [1.29, 1.82) is 0 Å². The van der Waals surface area contributed by atoms with Crippen molar-refractivity contribution in [3.05, 3.63) is 35.5 Å². The number of nitrogens with zero attached hydrogens (tertiary/aromatic N) is 1. The van der Waals surface area contributed by atoms with Crippen LogP contribution in [-0.2, 0) is 4.79 Å². The van der Waals surface area contributed by atoms with E-state index in [9.17, 15) is 4.79 Å². The third-order valence-electron chi connectivity index (χ3n) is 4.49. The number of rotatable bonds is 3. The molecule has 2 aromatic rings. The van der Waals surface area contributed by atoms with Gasteiger partial charge in [-0.3, -0.25) is 4.79 Å². The Morgan fingerprint density at radius 1 is 1.32 bits per heavy atom. The van der Waals surface area contributed by atoms with Crippen molar-refractivity contribution in [2.45, 2.75) is 19.8 Å². The molecule has 1 aliphatic heterocycles. The minimum Gasteiger partial charge on any atom is -0.497 e. The van der Waals surface area contributed by atoms with Gasteiger partial charge in [0.1, 0.15) is 5.75 Å². The van der Waals surface area contributed by atoms with Crippen LogP contribution in [-0.4, -0.2) is 23.7 Å². The molecule has 0 unspecified atom stereocenters. The third kappa shape index (κ3) is 2.01. The molecule has 1 amide bonds. The van der Waals surface area contributed by atoms with Gasteiger partial charge in [-0.05, 0) is 43.2 Å². The zero-order valence-corrected chi connectivity index (χ0v) is 12.6. The molecule has 1 aliphatic carbocycles. The largest absolute Gasteiger partial charge is 0.497 e. The number of ether oxygens (including phenoxy) is 1. The maximum absolute atomic E-state index is 12.1. The topological polar surface area (TPSA) is 66.5 Å². The Balaban J connectivity index is 1.75. The monoisotopic (exact) mass is 295 g/mol. The number of hydrazone groups is 1. The van der Waals surface area contributed by atoms with Crippen LogP contribution < -0.4 is 10.2 Å². The average Bonchev–Trinajstić information content (AvgIpc) is 2.96. The molecule has 0 spiro atoms. The lowest BCUT2D eigenvalue weighted by Crippen LogP contribution is -2.17. The smallest absolute Gasteiger partial charge is 0.273 e. The zero-order chi connectivity index (χ0) is 15.3. The molecule has 1 fully saturated rings. The Morgan fingerprint density at radius 2 is 2.14 bits per heavy atom. The maximum atomic E-state index is 12.1. The van der Waals surface area contributed by atoms with E-state index in [1.54, 1.807) is 7.11 Å². The highest BCUT2D eigenvalue weighted by Gasteiger charge is 2.47. The normalized spacial score (nSPS) is 21.1. The van der Waals surface area contributed by atoms with Gasteiger partial charge in [-0.2, -0.15) is 5.10 Å². The fourth-order valence-electron chi connectivity index (χ4n) is 2.85. The highest BCUT2D eigenvalue weighted by molar-refractivity contribution is 6.29. The fourth-order valence-corrected chi connectivity index (χ4v) is 2.85. The number of carbonyl (C=O) groups excluding carboxylic acids is 1. The number of methoxy groups -OCH3 is 1. The van der Waals surface area contributed by atoms with Crippen LogP contribution in [0.3, 0.4) is 0 Å². The number of benzene rings is 1. The van der Waals surface area contributed by atoms with Crippen LogP contribution >= 0.6 is 0 Å². The van der Waals surface area contributed by atoms with Gasteiger partial charge >= 0.3 is 0 Å². The second kappa shape index (κ2) is 4.47. The molecule has 1 aromatic heterocycles. The standard InChI is InChI=1S/C17H17N3O2/c1-17(5-6-17)15-13(16(21)20-19-15)9-11-7-10-8-12(22-2)3-4-14(10)18-11/h3-4,7-9,18H,5-6H2,1-2H3,(H,20,21). The summed E-state index contributed by atoms with van der Waals surface area (Å²) in [6, 6.07) is 7.88. The predicted octanol–water partition coefficient (Wildman–Crippen LogP) is 2.85. The number of aromatic nitrogens is 1. The van der Waals surface area contributed by atoms with E-state index in [2.05, 4.69) is 22.4 Å². The van der Waals surface area contributed by atoms with Crippen molar-refractivity contribution in [3.63, 3.8) is 0 Å². The molecule has 0 atom stereocenters. The van der Waals surface area contributed by atoms with Crippen LogP contribution in [0.5, 0.6) is 5.75 Å². The lowest BCUT2D eigenvalue weighted by molar-refractivity contribution is -0.116.